The van der Waals surface area contributed by atoms with Gasteiger partial charge in [0.25, 0.3) is 0 Å². The molecule has 1 aliphatic carbocycles. The van der Waals surface area contributed by atoms with Gasteiger partial charge in [-0.3, -0.25) is 9.59 Å². The second-order valence-electron chi connectivity index (χ2n) is 7.96. The monoisotopic (exact) mass is 371 g/mol. The summed E-state index contributed by atoms with van der Waals surface area (Å²) in [7, 11) is 0. The summed E-state index contributed by atoms with van der Waals surface area (Å²) in [6.07, 6.45) is 3.60. The number of likely N-dealkylation sites (tertiary alicyclic amines) is 1. The lowest BCUT2D eigenvalue weighted by atomic mass is 9.95. The standard InChI is InChI=1S/C21H29N3O3/c1-15-14-18(23-10-12-27-13-11-23)4-5-19(15)22-20(25)16-6-8-24(9-7-16)21(26)17-2-3-17/h4-5,14,16-17H,2-3,6-13H2,1H3,(H,22,25). The summed E-state index contributed by atoms with van der Waals surface area (Å²) in [6, 6.07) is 6.21. The molecule has 0 bridgehead atoms. The third kappa shape index (κ3) is 4.26. The van der Waals surface area contributed by atoms with Crippen molar-refractivity contribution in [3.05, 3.63) is 23.8 Å². The molecule has 2 aliphatic heterocycles. The van der Waals surface area contributed by atoms with Gasteiger partial charge in [-0.25, -0.2) is 0 Å². The molecule has 0 radical (unpaired) electrons. The molecule has 1 N–H and O–H groups in total. The molecule has 2 heterocycles. The van der Waals surface area contributed by atoms with Crippen molar-refractivity contribution < 1.29 is 14.3 Å². The van der Waals surface area contributed by atoms with Crippen molar-refractivity contribution in [2.45, 2.75) is 32.6 Å². The van der Waals surface area contributed by atoms with Crippen molar-refractivity contribution in [1.29, 1.82) is 0 Å². The van der Waals surface area contributed by atoms with Gasteiger partial charge in [-0.1, -0.05) is 0 Å². The average Bonchev–Trinajstić information content (AvgIpc) is 3.55. The van der Waals surface area contributed by atoms with Crippen LogP contribution in [0, 0.1) is 18.8 Å². The quantitative estimate of drug-likeness (QED) is 0.883. The van der Waals surface area contributed by atoms with Crippen LogP contribution in [-0.2, 0) is 14.3 Å². The van der Waals surface area contributed by atoms with Gasteiger partial charge in [0.1, 0.15) is 0 Å². The van der Waals surface area contributed by atoms with Gasteiger partial charge in [-0.15, -0.1) is 0 Å². The van der Waals surface area contributed by atoms with Crippen LogP contribution in [0.5, 0.6) is 0 Å². The molecule has 3 aliphatic rings. The molecule has 1 aromatic rings. The molecular weight excluding hydrogens is 342 g/mol. The third-order valence-corrected chi connectivity index (χ3v) is 5.95. The van der Waals surface area contributed by atoms with Crippen molar-refractivity contribution in [3.8, 4) is 0 Å². The maximum absolute atomic E-state index is 12.7. The first-order valence-corrected chi connectivity index (χ1v) is 10.1. The van der Waals surface area contributed by atoms with Gasteiger partial charge in [-0.05, 0) is 56.4 Å². The van der Waals surface area contributed by atoms with Crippen molar-refractivity contribution in [2.75, 3.05) is 49.6 Å². The Labute approximate surface area is 160 Å². The Morgan fingerprint density at radius 2 is 1.70 bits per heavy atom. The zero-order valence-corrected chi connectivity index (χ0v) is 16.1. The third-order valence-electron chi connectivity index (χ3n) is 5.95. The van der Waals surface area contributed by atoms with Gasteiger partial charge in [0.2, 0.25) is 11.8 Å². The molecule has 0 spiro atoms. The van der Waals surface area contributed by atoms with Crippen LogP contribution in [0.2, 0.25) is 0 Å². The molecule has 146 valence electrons. The van der Waals surface area contributed by atoms with Crippen LogP contribution in [0.15, 0.2) is 18.2 Å². The largest absolute Gasteiger partial charge is 0.378 e. The van der Waals surface area contributed by atoms with Crippen molar-refractivity contribution in [3.63, 3.8) is 0 Å². The minimum absolute atomic E-state index is 0.00780. The molecule has 6 heteroatoms. The molecule has 1 saturated carbocycles. The molecule has 1 aromatic carbocycles. The fraction of sp³-hybridized carbons (Fsp3) is 0.619. The van der Waals surface area contributed by atoms with E-state index < -0.39 is 0 Å². The summed E-state index contributed by atoms with van der Waals surface area (Å²) >= 11 is 0. The number of carbonyl (C=O) groups excluding carboxylic acids is 2. The van der Waals surface area contributed by atoms with Gasteiger partial charge in [0.05, 0.1) is 13.2 Å². The van der Waals surface area contributed by atoms with Gasteiger partial charge >= 0.3 is 0 Å². The van der Waals surface area contributed by atoms with E-state index in [-0.39, 0.29) is 17.7 Å². The minimum atomic E-state index is -0.00780. The highest BCUT2D eigenvalue weighted by Gasteiger charge is 2.36. The molecule has 0 aromatic heterocycles. The number of hydrogen-bond acceptors (Lipinski definition) is 4. The number of nitrogens with zero attached hydrogens (tertiary/aromatic N) is 2. The normalized spacial score (nSPS) is 21.2. The number of rotatable bonds is 4. The van der Waals surface area contributed by atoms with Crippen LogP contribution in [0.1, 0.15) is 31.2 Å². The van der Waals surface area contributed by atoms with E-state index in [0.717, 1.165) is 63.2 Å². The van der Waals surface area contributed by atoms with Gasteiger partial charge in [0.15, 0.2) is 0 Å². The van der Waals surface area contributed by atoms with E-state index in [1.54, 1.807) is 0 Å². The first-order valence-electron chi connectivity index (χ1n) is 10.1. The SMILES string of the molecule is Cc1cc(N2CCOCC2)ccc1NC(=O)C1CCN(C(=O)C2CC2)CC1. The lowest BCUT2D eigenvalue weighted by Crippen LogP contribution is -2.42. The lowest BCUT2D eigenvalue weighted by molar-refractivity contribution is -0.135. The van der Waals surface area contributed by atoms with Gasteiger partial charge < -0.3 is 19.9 Å². The summed E-state index contributed by atoms with van der Waals surface area (Å²) in [4.78, 5) is 29.1. The smallest absolute Gasteiger partial charge is 0.227 e. The van der Waals surface area contributed by atoms with Crippen LogP contribution >= 0.6 is 0 Å². The number of hydrogen-bond donors (Lipinski definition) is 1. The molecular formula is C21H29N3O3. The Hall–Kier alpha value is -2.08. The maximum Gasteiger partial charge on any atom is 0.227 e. The summed E-state index contributed by atoms with van der Waals surface area (Å²) in [5.74, 6) is 0.633. The van der Waals surface area contributed by atoms with Crippen molar-refractivity contribution in [1.82, 2.24) is 4.90 Å². The summed E-state index contributed by atoms with van der Waals surface area (Å²) in [5.41, 5.74) is 3.14. The van der Waals surface area contributed by atoms with E-state index in [1.165, 1.54) is 5.69 Å². The Morgan fingerprint density at radius 1 is 1.00 bits per heavy atom. The summed E-state index contributed by atoms with van der Waals surface area (Å²) in [6.45, 7) is 6.80. The highest BCUT2D eigenvalue weighted by molar-refractivity contribution is 5.93. The van der Waals surface area contributed by atoms with E-state index in [9.17, 15) is 9.59 Å². The molecule has 4 rings (SSSR count). The average molecular weight is 371 g/mol. The number of carbonyl (C=O) groups is 2. The van der Waals surface area contributed by atoms with Crippen molar-refractivity contribution >= 4 is 23.2 Å². The highest BCUT2D eigenvalue weighted by atomic mass is 16.5. The summed E-state index contributed by atoms with van der Waals surface area (Å²) < 4.78 is 5.41. The van der Waals surface area contributed by atoms with E-state index in [1.807, 2.05) is 17.9 Å². The second kappa shape index (κ2) is 7.89. The first kappa shape index (κ1) is 18.3. The maximum atomic E-state index is 12.7. The van der Waals surface area contributed by atoms with Crippen LogP contribution < -0.4 is 10.2 Å². The predicted molar refractivity (Wildman–Crippen MR) is 105 cm³/mol. The highest BCUT2D eigenvalue weighted by Crippen LogP contribution is 2.32. The molecule has 3 fully saturated rings. The van der Waals surface area contributed by atoms with E-state index in [2.05, 4.69) is 22.3 Å². The second-order valence-corrected chi connectivity index (χ2v) is 7.96. The first-order chi connectivity index (χ1) is 13.1. The number of nitrogens with one attached hydrogen (secondary N) is 1. The fourth-order valence-electron chi connectivity index (χ4n) is 3.99. The molecule has 2 saturated heterocycles. The Bertz CT molecular complexity index is 703. The lowest BCUT2D eigenvalue weighted by Gasteiger charge is -2.32. The fourth-order valence-corrected chi connectivity index (χ4v) is 3.99. The topological polar surface area (TPSA) is 61.9 Å². The van der Waals surface area contributed by atoms with Crippen LogP contribution in [0.4, 0.5) is 11.4 Å². The van der Waals surface area contributed by atoms with Crippen LogP contribution in [-0.4, -0.2) is 56.1 Å². The Kier molecular flexibility index (Phi) is 5.34. The summed E-state index contributed by atoms with van der Waals surface area (Å²) in [5, 5.41) is 3.10. The number of morpholine rings is 1. The molecule has 6 nitrogen and oxygen atoms in total. The molecule has 0 atom stereocenters. The number of amides is 2. The van der Waals surface area contributed by atoms with Gasteiger partial charge in [-0.2, -0.15) is 0 Å². The number of ether oxygens (including phenoxy) is 1. The number of anilines is 2. The number of aryl methyl sites for hydroxylation is 1. The minimum Gasteiger partial charge on any atom is -0.378 e. The van der Waals surface area contributed by atoms with E-state index in [4.69, 9.17) is 4.74 Å². The Morgan fingerprint density at radius 3 is 2.33 bits per heavy atom. The number of benzene rings is 1. The molecule has 0 unspecified atom stereocenters. The number of piperidine rings is 1. The molecule has 2 amide bonds. The van der Waals surface area contributed by atoms with E-state index in [0.29, 0.717) is 19.0 Å². The van der Waals surface area contributed by atoms with Crippen molar-refractivity contribution in [2.24, 2.45) is 11.8 Å². The predicted octanol–water partition coefficient (Wildman–Crippen LogP) is 2.42. The van der Waals surface area contributed by atoms with Gasteiger partial charge in [0, 0.05) is 49.4 Å². The Balaban J connectivity index is 1.32. The zero-order chi connectivity index (χ0) is 18.8. The van der Waals surface area contributed by atoms with E-state index >= 15 is 0 Å². The van der Waals surface area contributed by atoms with Crippen LogP contribution in [0.25, 0.3) is 0 Å². The zero-order valence-electron chi connectivity index (χ0n) is 16.1. The van der Waals surface area contributed by atoms with Crippen LogP contribution in [0.3, 0.4) is 0 Å². The molecule has 27 heavy (non-hydrogen) atoms.